The van der Waals surface area contributed by atoms with E-state index < -0.39 is 0 Å². The molecule has 6 heteroatoms. The molecule has 0 aliphatic heterocycles. The van der Waals surface area contributed by atoms with E-state index in [9.17, 15) is 4.79 Å². The van der Waals surface area contributed by atoms with Gasteiger partial charge >= 0.3 is 0 Å². The van der Waals surface area contributed by atoms with E-state index >= 15 is 0 Å². The van der Waals surface area contributed by atoms with Crippen LogP contribution in [0.2, 0.25) is 0 Å². The van der Waals surface area contributed by atoms with Crippen LogP contribution in [0, 0.1) is 0 Å². The van der Waals surface area contributed by atoms with Gasteiger partial charge in [-0.15, -0.1) is 0 Å². The number of ether oxygens (including phenoxy) is 3. The Hall–Kier alpha value is -2.37. The molecule has 126 valence electrons. The molecule has 1 N–H and O–H groups in total. The Morgan fingerprint density at radius 2 is 1.87 bits per heavy atom. The first-order chi connectivity index (χ1) is 11.1. The zero-order valence-corrected chi connectivity index (χ0v) is 14.4. The molecule has 1 amide bonds. The molecule has 0 saturated carbocycles. The minimum absolute atomic E-state index is 0.0461. The van der Waals surface area contributed by atoms with Crippen molar-refractivity contribution in [3.63, 3.8) is 0 Å². The van der Waals surface area contributed by atoms with Gasteiger partial charge in [-0.25, -0.2) is 0 Å². The Morgan fingerprint density at radius 1 is 1.17 bits per heavy atom. The number of unbranched alkanes of at least 4 members (excludes halogenated alkanes) is 1. The fourth-order valence-electron chi connectivity index (χ4n) is 2.63. The topological polar surface area (TPSA) is 63.8 Å². The van der Waals surface area contributed by atoms with Crippen molar-refractivity contribution in [2.75, 3.05) is 34.9 Å². The molecule has 0 unspecified atom stereocenters. The number of benzene rings is 1. The standard InChI is InChI=1S/C17H24N2O4/c1-6-7-8-19(2)17(20)11-10-18-12-9-13(21-3)15(22-4)16(23-5)14(11)12/h9-10,18H,6-8H2,1-5H3. The highest BCUT2D eigenvalue weighted by Gasteiger charge is 2.24. The fourth-order valence-corrected chi connectivity index (χ4v) is 2.63. The zero-order chi connectivity index (χ0) is 17.0. The van der Waals surface area contributed by atoms with Crippen molar-refractivity contribution in [3.8, 4) is 17.2 Å². The summed E-state index contributed by atoms with van der Waals surface area (Å²) in [7, 11) is 6.48. The Labute approximate surface area is 136 Å². The molecule has 0 aliphatic rings. The Balaban J connectivity index is 2.56. The predicted molar refractivity (Wildman–Crippen MR) is 89.8 cm³/mol. The summed E-state index contributed by atoms with van der Waals surface area (Å²) < 4.78 is 16.3. The first kappa shape index (κ1) is 17.0. The molecule has 2 aromatic rings. The summed E-state index contributed by atoms with van der Waals surface area (Å²) in [5.41, 5.74) is 1.34. The van der Waals surface area contributed by atoms with E-state index in [-0.39, 0.29) is 5.91 Å². The molecule has 6 nitrogen and oxygen atoms in total. The third-order valence-corrected chi connectivity index (χ3v) is 3.90. The van der Waals surface area contributed by atoms with Crippen LogP contribution in [0.5, 0.6) is 17.2 Å². The van der Waals surface area contributed by atoms with E-state index in [1.807, 2.05) is 7.05 Å². The molecule has 1 heterocycles. The van der Waals surface area contributed by atoms with Gasteiger partial charge in [-0.1, -0.05) is 13.3 Å². The highest BCUT2D eigenvalue weighted by Crippen LogP contribution is 2.44. The lowest BCUT2D eigenvalue weighted by Gasteiger charge is -2.17. The maximum atomic E-state index is 12.7. The third kappa shape index (κ3) is 3.06. The second-order valence-corrected chi connectivity index (χ2v) is 5.35. The number of aromatic nitrogens is 1. The molecule has 0 fully saturated rings. The van der Waals surface area contributed by atoms with E-state index in [4.69, 9.17) is 14.2 Å². The number of carbonyl (C=O) groups is 1. The van der Waals surface area contributed by atoms with Crippen molar-refractivity contribution in [1.29, 1.82) is 0 Å². The van der Waals surface area contributed by atoms with Crippen LogP contribution in [0.25, 0.3) is 10.9 Å². The van der Waals surface area contributed by atoms with Crippen LogP contribution in [0.3, 0.4) is 0 Å². The van der Waals surface area contributed by atoms with Crippen molar-refractivity contribution in [2.24, 2.45) is 0 Å². The van der Waals surface area contributed by atoms with Gasteiger partial charge in [0, 0.05) is 25.9 Å². The zero-order valence-electron chi connectivity index (χ0n) is 14.4. The number of H-pyrrole nitrogens is 1. The first-order valence-electron chi connectivity index (χ1n) is 7.64. The maximum absolute atomic E-state index is 12.7. The van der Waals surface area contributed by atoms with Crippen LogP contribution in [0.1, 0.15) is 30.1 Å². The van der Waals surface area contributed by atoms with E-state index in [0.717, 1.165) is 24.9 Å². The van der Waals surface area contributed by atoms with Gasteiger partial charge in [0.05, 0.1) is 37.8 Å². The lowest BCUT2D eigenvalue weighted by Crippen LogP contribution is -2.27. The second kappa shape index (κ2) is 7.26. The number of nitrogens with zero attached hydrogens (tertiary/aromatic N) is 1. The normalized spacial score (nSPS) is 10.7. The summed E-state index contributed by atoms with van der Waals surface area (Å²) in [5.74, 6) is 1.48. The lowest BCUT2D eigenvalue weighted by molar-refractivity contribution is 0.0795. The summed E-state index contributed by atoms with van der Waals surface area (Å²) in [6.45, 7) is 2.82. The molecule has 0 spiro atoms. The second-order valence-electron chi connectivity index (χ2n) is 5.35. The van der Waals surface area contributed by atoms with Crippen LogP contribution in [-0.2, 0) is 0 Å². The van der Waals surface area contributed by atoms with Crippen molar-refractivity contribution in [3.05, 3.63) is 17.8 Å². The molecule has 0 atom stereocenters. The van der Waals surface area contributed by atoms with E-state index in [2.05, 4.69) is 11.9 Å². The Bertz CT molecular complexity index is 693. The first-order valence-corrected chi connectivity index (χ1v) is 7.64. The van der Waals surface area contributed by atoms with Crippen molar-refractivity contribution in [2.45, 2.75) is 19.8 Å². The molecule has 0 saturated heterocycles. The molecule has 0 bridgehead atoms. The van der Waals surface area contributed by atoms with Gasteiger partial charge in [-0.05, 0) is 6.42 Å². The molecule has 0 aliphatic carbocycles. The molecular weight excluding hydrogens is 296 g/mol. The molecule has 1 aromatic carbocycles. The maximum Gasteiger partial charge on any atom is 0.255 e. The Kier molecular flexibility index (Phi) is 5.36. The lowest BCUT2D eigenvalue weighted by atomic mass is 10.1. The Morgan fingerprint density at radius 3 is 2.43 bits per heavy atom. The average Bonchev–Trinajstić information content (AvgIpc) is 3.00. The largest absolute Gasteiger partial charge is 0.493 e. The number of carbonyl (C=O) groups excluding carboxylic acids is 1. The van der Waals surface area contributed by atoms with Gasteiger partial charge in [-0.2, -0.15) is 0 Å². The molecule has 23 heavy (non-hydrogen) atoms. The fraction of sp³-hybridized carbons (Fsp3) is 0.471. The highest BCUT2D eigenvalue weighted by molar-refractivity contribution is 6.10. The van der Waals surface area contributed by atoms with Crippen LogP contribution in [-0.4, -0.2) is 50.7 Å². The number of methoxy groups -OCH3 is 3. The molecule has 1 aromatic heterocycles. The number of aromatic amines is 1. The van der Waals surface area contributed by atoms with Crippen LogP contribution < -0.4 is 14.2 Å². The average molecular weight is 320 g/mol. The van der Waals surface area contributed by atoms with Gasteiger partial charge in [0.15, 0.2) is 11.5 Å². The van der Waals surface area contributed by atoms with Gasteiger partial charge in [0.25, 0.3) is 5.91 Å². The summed E-state index contributed by atoms with van der Waals surface area (Å²) in [5, 5.41) is 0.707. The minimum Gasteiger partial charge on any atom is -0.493 e. The summed E-state index contributed by atoms with van der Waals surface area (Å²) >= 11 is 0. The van der Waals surface area contributed by atoms with E-state index in [1.54, 1.807) is 38.5 Å². The highest BCUT2D eigenvalue weighted by atomic mass is 16.5. The van der Waals surface area contributed by atoms with Gasteiger partial charge in [-0.3, -0.25) is 4.79 Å². The number of hydrogen-bond acceptors (Lipinski definition) is 4. The van der Waals surface area contributed by atoms with Crippen molar-refractivity contribution < 1.29 is 19.0 Å². The smallest absolute Gasteiger partial charge is 0.255 e. The van der Waals surface area contributed by atoms with E-state index in [0.29, 0.717) is 28.2 Å². The van der Waals surface area contributed by atoms with Crippen molar-refractivity contribution >= 4 is 16.8 Å². The van der Waals surface area contributed by atoms with Gasteiger partial charge < -0.3 is 24.1 Å². The molecule has 0 radical (unpaired) electrons. The van der Waals surface area contributed by atoms with Crippen LogP contribution in [0.15, 0.2) is 12.3 Å². The SMILES string of the molecule is CCCCN(C)C(=O)c1c[nH]c2cc(OC)c(OC)c(OC)c12. The number of amides is 1. The predicted octanol–water partition coefficient (Wildman–Crippen LogP) is 3.07. The summed E-state index contributed by atoms with van der Waals surface area (Å²) in [6.07, 6.45) is 3.72. The van der Waals surface area contributed by atoms with Crippen LogP contribution >= 0.6 is 0 Å². The third-order valence-electron chi connectivity index (χ3n) is 3.90. The summed E-state index contributed by atoms with van der Waals surface area (Å²) in [4.78, 5) is 17.6. The number of rotatable bonds is 7. The minimum atomic E-state index is -0.0461. The number of hydrogen-bond donors (Lipinski definition) is 1. The van der Waals surface area contributed by atoms with Gasteiger partial charge in [0.2, 0.25) is 5.75 Å². The number of nitrogens with one attached hydrogen (secondary N) is 1. The van der Waals surface area contributed by atoms with Crippen LogP contribution in [0.4, 0.5) is 0 Å². The molecular formula is C17H24N2O4. The van der Waals surface area contributed by atoms with Crippen molar-refractivity contribution in [1.82, 2.24) is 9.88 Å². The van der Waals surface area contributed by atoms with Gasteiger partial charge in [0.1, 0.15) is 0 Å². The molecule has 2 rings (SSSR count). The summed E-state index contributed by atoms with van der Waals surface area (Å²) in [6, 6.07) is 1.81. The monoisotopic (exact) mass is 320 g/mol. The van der Waals surface area contributed by atoms with E-state index in [1.165, 1.54) is 0 Å². The quantitative estimate of drug-likeness (QED) is 0.851. The number of fused-ring (bicyclic) bond motifs is 1.